The second-order valence-electron chi connectivity index (χ2n) is 7.96. The summed E-state index contributed by atoms with van der Waals surface area (Å²) < 4.78 is 28.7. The molecule has 3 aromatic rings. The first-order chi connectivity index (χ1) is 14.8. The molecule has 0 aliphatic carbocycles. The normalized spacial score (nSPS) is 14.5. The fourth-order valence-corrected chi connectivity index (χ4v) is 3.60. The molecule has 0 spiro atoms. The summed E-state index contributed by atoms with van der Waals surface area (Å²) in [6.07, 6.45) is -1.06. The minimum atomic E-state index is -1.06. The molecule has 1 aromatic heterocycles. The van der Waals surface area contributed by atoms with E-state index in [9.17, 15) is 18.7 Å². The number of aliphatic hydroxyl groups excluding tert-OH is 1. The Morgan fingerprint density at radius 2 is 1.65 bits per heavy atom. The smallest absolute Gasteiger partial charge is 0.252 e. The number of halogens is 2. The number of fused-ring (bicyclic) bond motifs is 1. The maximum Gasteiger partial charge on any atom is 0.252 e. The molecule has 1 amide bonds. The van der Waals surface area contributed by atoms with Gasteiger partial charge in [0.25, 0.3) is 5.91 Å². The van der Waals surface area contributed by atoms with Crippen molar-refractivity contribution in [2.75, 3.05) is 11.9 Å². The minimum absolute atomic E-state index is 0.181. The van der Waals surface area contributed by atoms with E-state index in [1.54, 1.807) is 43.0 Å². The monoisotopic (exact) mass is 426 g/mol. The minimum Gasteiger partial charge on any atom is -0.383 e. The second kappa shape index (κ2) is 8.47. The van der Waals surface area contributed by atoms with Crippen LogP contribution in [0.25, 0.3) is 11.3 Å². The third-order valence-corrected chi connectivity index (χ3v) is 5.39. The van der Waals surface area contributed by atoms with Gasteiger partial charge in [0.05, 0.1) is 6.54 Å². The zero-order valence-corrected chi connectivity index (χ0v) is 17.3. The molecule has 0 fully saturated rings. The zero-order chi connectivity index (χ0) is 22.1. The molecule has 162 valence electrons. The number of nitrogens with zero attached hydrogens (tertiary/aromatic N) is 3. The third kappa shape index (κ3) is 4.29. The van der Waals surface area contributed by atoms with Gasteiger partial charge in [-0.15, -0.1) is 0 Å². The van der Waals surface area contributed by atoms with Crippen LogP contribution in [-0.4, -0.2) is 38.1 Å². The number of imidazole rings is 1. The molecule has 31 heavy (non-hydrogen) atoms. The van der Waals surface area contributed by atoms with Gasteiger partial charge in [-0.1, -0.05) is 13.8 Å². The van der Waals surface area contributed by atoms with Crippen LogP contribution in [0.5, 0.6) is 0 Å². The summed E-state index contributed by atoms with van der Waals surface area (Å²) >= 11 is 0. The Hall–Kier alpha value is -3.26. The highest BCUT2D eigenvalue weighted by Gasteiger charge is 2.31. The standard InChI is InChI=1S/C23H24F2N4O2/c1-14(2)21(30)23(31)28-11-12-29-19(13-28)27-20(15-3-5-16(24)6-4-15)22(29)26-18-9-7-17(25)8-10-18/h3-10,14,21,26,30H,11-13H2,1-2H3/t21-/m0/s1. The van der Waals surface area contributed by atoms with Crippen molar-refractivity contribution in [3.8, 4) is 11.3 Å². The Labute approximate surface area is 179 Å². The van der Waals surface area contributed by atoms with E-state index in [-0.39, 0.29) is 30.0 Å². The summed E-state index contributed by atoms with van der Waals surface area (Å²) in [6.45, 7) is 4.74. The molecular weight excluding hydrogens is 402 g/mol. The Balaban J connectivity index is 1.71. The molecule has 4 rings (SSSR count). The van der Waals surface area contributed by atoms with Crippen molar-refractivity contribution in [3.05, 3.63) is 66.0 Å². The summed E-state index contributed by atoms with van der Waals surface area (Å²) in [6, 6.07) is 12.0. The SMILES string of the molecule is CC(C)[C@H](O)C(=O)N1CCn2c(nc(-c3ccc(F)cc3)c2Nc2ccc(F)cc2)C1. The maximum atomic E-state index is 13.5. The molecule has 2 aromatic carbocycles. The molecule has 0 radical (unpaired) electrons. The van der Waals surface area contributed by atoms with Gasteiger partial charge in [0.2, 0.25) is 0 Å². The van der Waals surface area contributed by atoms with Gasteiger partial charge >= 0.3 is 0 Å². The van der Waals surface area contributed by atoms with Crippen molar-refractivity contribution >= 4 is 17.4 Å². The number of hydrogen-bond acceptors (Lipinski definition) is 4. The second-order valence-corrected chi connectivity index (χ2v) is 7.96. The van der Waals surface area contributed by atoms with Gasteiger partial charge < -0.3 is 19.9 Å². The van der Waals surface area contributed by atoms with E-state index < -0.39 is 6.10 Å². The predicted octanol–water partition coefficient (Wildman–Crippen LogP) is 3.93. The average Bonchev–Trinajstić information content (AvgIpc) is 3.12. The molecular formula is C23H24F2N4O2. The van der Waals surface area contributed by atoms with Gasteiger partial charge in [0.1, 0.15) is 35.1 Å². The van der Waals surface area contributed by atoms with Crippen LogP contribution in [0.1, 0.15) is 19.7 Å². The quantitative estimate of drug-likeness (QED) is 0.649. The maximum absolute atomic E-state index is 13.5. The lowest BCUT2D eigenvalue weighted by atomic mass is 10.1. The Bertz CT molecular complexity index is 1080. The number of anilines is 2. The van der Waals surface area contributed by atoms with Crippen molar-refractivity contribution in [1.29, 1.82) is 0 Å². The summed E-state index contributed by atoms with van der Waals surface area (Å²) in [7, 11) is 0. The van der Waals surface area contributed by atoms with Crippen LogP contribution in [0.15, 0.2) is 48.5 Å². The van der Waals surface area contributed by atoms with Gasteiger partial charge in [-0.3, -0.25) is 4.79 Å². The van der Waals surface area contributed by atoms with Crippen LogP contribution < -0.4 is 5.32 Å². The summed E-state index contributed by atoms with van der Waals surface area (Å²) in [5.41, 5.74) is 2.01. The third-order valence-electron chi connectivity index (χ3n) is 5.39. The highest BCUT2D eigenvalue weighted by Crippen LogP contribution is 2.33. The number of aromatic nitrogens is 2. The van der Waals surface area contributed by atoms with E-state index in [0.717, 1.165) is 0 Å². The number of hydrogen-bond donors (Lipinski definition) is 2. The molecule has 0 unspecified atom stereocenters. The molecule has 1 aliphatic heterocycles. The fraction of sp³-hybridized carbons (Fsp3) is 0.304. The molecule has 1 atom stereocenters. The molecule has 0 saturated heterocycles. The first-order valence-electron chi connectivity index (χ1n) is 10.2. The van der Waals surface area contributed by atoms with E-state index in [4.69, 9.17) is 4.98 Å². The van der Waals surface area contributed by atoms with Crippen LogP contribution in [0.4, 0.5) is 20.3 Å². The van der Waals surface area contributed by atoms with Crippen LogP contribution in [-0.2, 0) is 17.9 Å². The summed E-state index contributed by atoms with van der Waals surface area (Å²) in [5.74, 6) is 0.155. The molecule has 0 saturated carbocycles. The topological polar surface area (TPSA) is 70.4 Å². The number of carbonyl (C=O) groups excluding carboxylic acids is 1. The van der Waals surface area contributed by atoms with E-state index in [2.05, 4.69) is 5.32 Å². The number of amides is 1. The average molecular weight is 426 g/mol. The lowest BCUT2D eigenvalue weighted by molar-refractivity contribution is -0.144. The lowest BCUT2D eigenvalue weighted by Crippen LogP contribution is -2.45. The van der Waals surface area contributed by atoms with Gasteiger partial charge in [-0.25, -0.2) is 13.8 Å². The first-order valence-corrected chi connectivity index (χ1v) is 10.2. The molecule has 2 N–H and O–H groups in total. The highest BCUT2D eigenvalue weighted by molar-refractivity contribution is 5.81. The fourth-order valence-electron chi connectivity index (χ4n) is 3.60. The molecule has 0 bridgehead atoms. The highest BCUT2D eigenvalue weighted by atomic mass is 19.1. The predicted molar refractivity (Wildman–Crippen MR) is 114 cm³/mol. The largest absolute Gasteiger partial charge is 0.383 e. The van der Waals surface area contributed by atoms with Gasteiger partial charge in [0, 0.05) is 24.3 Å². The van der Waals surface area contributed by atoms with Crippen LogP contribution in [0.2, 0.25) is 0 Å². The Morgan fingerprint density at radius 1 is 1.03 bits per heavy atom. The molecule has 1 aliphatic rings. The number of carbonyl (C=O) groups is 1. The van der Waals surface area contributed by atoms with Crippen molar-refractivity contribution in [1.82, 2.24) is 14.5 Å². The van der Waals surface area contributed by atoms with E-state index >= 15 is 0 Å². The number of benzene rings is 2. The lowest BCUT2D eigenvalue weighted by Gasteiger charge is -2.31. The molecule has 2 heterocycles. The molecule has 8 heteroatoms. The Morgan fingerprint density at radius 3 is 2.26 bits per heavy atom. The number of aliphatic hydroxyl groups is 1. The zero-order valence-electron chi connectivity index (χ0n) is 17.3. The van der Waals surface area contributed by atoms with Gasteiger partial charge in [0.15, 0.2) is 0 Å². The van der Waals surface area contributed by atoms with Crippen molar-refractivity contribution in [2.45, 2.75) is 33.0 Å². The summed E-state index contributed by atoms with van der Waals surface area (Å²) in [4.78, 5) is 18.9. The van der Waals surface area contributed by atoms with E-state index in [0.29, 0.717) is 41.7 Å². The Kier molecular flexibility index (Phi) is 5.73. The molecule has 6 nitrogen and oxygen atoms in total. The van der Waals surface area contributed by atoms with E-state index in [1.165, 1.54) is 24.3 Å². The van der Waals surface area contributed by atoms with Crippen molar-refractivity contribution < 1.29 is 18.7 Å². The van der Waals surface area contributed by atoms with Crippen LogP contribution in [0.3, 0.4) is 0 Å². The summed E-state index contributed by atoms with van der Waals surface area (Å²) in [5, 5.41) is 13.5. The van der Waals surface area contributed by atoms with Gasteiger partial charge in [-0.2, -0.15) is 0 Å². The van der Waals surface area contributed by atoms with Crippen molar-refractivity contribution in [3.63, 3.8) is 0 Å². The first kappa shape index (κ1) is 21.0. The van der Waals surface area contributed by atoms with Gasteiger partial charge in [-0.05, 0) is 54.4 Å². The number of rotatable bonds is 5. The van der Waals surface area contributed by atoms with Crippen LogP contribution in [0, 0.1) is 17.6 Å². The van der Waals surface area contributed by atoms with E-state index in [1.807, 2.05) is 4.57 Å². The van der Waals surface area contributed by atoms with Crippen LogP contribution >= 0.6 is 0 Å². The number of nitrogens with one attached hydrogen (secondary N) is 1. The van der Waals surface area contributed by atoms with Crippen molar-refractivity contribution in [2.24, 2.45) is 5.92 Å².